The summed E-state index contributed by atoms with van der Waals surface area (Å²) in [5.41, 5.74) is 0. The molecule has 2 rings (SSSR count). The van der Waals surface area contributed by atoms with E-state index in [2.05, 4.69) is 30.2 Å². The van der Waals surface area contributed by atoms with E-state index in [1.165, 1.54) is 14.0 Å². The van der Waals surface area contributed by atoms with E-state index in [1.807, 2.05) is 35.2 Å². The minimum atomic E-state index is 0. The van der Waals surface area contributed by atoms with E-state index in [0.717, 1.165) is 5.75 Å². The van der Waals surface area contributed by atoms with Gasteiger partial charge in [0.1, 0.15) is 0 Å². The predicted molar refractivity (Wildman–Crippen MR) is 67.4 cm³/mol. The molecule has 72 valence electrons. The molecule has 0 aliphatic carbocycles. The molecule has 0 nitrogen and oxygen atoms in total. The molecule has 0 N–H and O–H groups in total. The van der Waals surface area contributed by atoms with Crippen LogP contribution in [0.3, 0.4) is 0 Å². The Morgan fingerprint density at radius 3 is 2.87 bits per heavy atom. The van der Waals surface area contributed by atoms with Crippen LogP contribution in [-0.4, -0.2) is 5.75 Å². The Morgan fingerprint density at radius 1 is 1.33 bits per heavy atom. The maximum Gasteiger partial charge on any atom is 1.00 e. The maximum absolute atomic E-state index is 3.71. The van der Waals surface area contributed by atoms with Crippen LogP contribution in [0.1, 0.15) is 0 Å². The Kier molecular flexibility index (Phi) is 5.81. The van der Waals surface area contributed by atoms with Crippen LogP contribution in [0.4, 0.5) is 0 Å². The van der Waals surface area contributed by atoms with Crippen LogP contribution in [0.2, 0.25) is 0 Å². The third-order valence-electron chi connectivity index (χ3n) is 1.64. The molecule has 0 amide bonds. The molecular formula is C11H9LiS3. The molecule has 0 saturated carbocycles. The van der Waals surface area contributed by atoms with Crippen LogP contribution < -0.4 is 18.9 Å². The first-order chi connectivity index (χ1) is 6.90. The summed E-state index contributed by atoms with van der Waals surface area (Å²) in [4.78, 5) is 2.64. The van der Waals surface area contributed by atoms with Crippen LogP contribution in [0.5, 0.6) is 0 Å². The molecule has 0 unspecified atom stereocenters. The molecule has 0 aromatic carbocycles. The number of thiophene rings is 2. The van der Waals surface area contributed by atoms with Gasteiger partial charge in [-0.3, -0.25) is 11.3 Å². The maximum atomic E-state index is 3.71. The summed E-state index contributed by atoms with van der Waals surface area (Å²) >= 11 is 5.34. The molecule has 2 heterocycles. The van der Waals surface area contributed by atoms with Gasteiger partial charge in [-0.1, -0.05) is 12.1 Å². The van der Waals surface area contributed by atoms with Crippen molar-refractivity contribution in [3.05, 3.63) is 42.3 Å². The fraction of sp³-hybridized carbons (Fsp3) is 0.0909. The third kappa shape index (κ3) is 3.55. The number of thioether (sulfide) groups is 1. The Morgan fingerprint density at radius 2 is 2.20 bits per heavy atom. The summed E-state index contributed by atoms with van der Waals surface area (Å²) in [5, 5.41) is 3.11. The first kappa shape index (κ1) is 13.2. The monoisotopic (exact) mass is 244 g/mol. The molecule has 4 heteroatoms. The molecule has 0 fully saturated rings. The van der Waals surface area contributed by atoms with Crippen molar-refractivity contribution in [2.45, 2.75) is 4.21 Å². The smallest absolute Gasteiger partial charge is 0.295 e. The van der Waals surface area contributed by atoms with Crippen LogP contribution >= 0.6 is 34.4 Å². The van der Waals surface area contributed by atoms with Gasteiger partial charge in [0.05, 0.1) is 4.21 Å². The van der Waals surface area contributed by atoms with Crippen molar-refractivity contribution in [1.82, 2.24) is 0 Å². The summed E-state index contributed by atoms with van der Waals surface area (Å²) in [6.07, 6.45) is 1.93. The summed E-state index contributed by atoms with van der Waals surface area (Å²) in [6.45, 7) is 3.71. The quantitative estimate of drug-likeness (QED) is 0.340. The molecule has 0 aliphatic heterocycles. The fourth-order valence-corrected chi connectivity index (χ4v) is 3.68. The Labute approximate surface area is 115 Å². The number of rotatable bonds is 4. The minimum Gasteiger partial charge on any atom is -0.295 e. The zero-order valence-corrected chi connectivity index (χ0v) is 11.0. The second-order valence-corrected chi connectivity index (χ2v) is 5.92. The van der Waals surface area contributed by atoms with Gasteiger partial charge in [-0.25, -0.2) is 0 Å². The molecule has 0 bridgehead atoms. The SMILES string of the molecule is C=CCSc1ccc(-c2cc[c-]s2)s1.[Li+]. The zero-order chi connectivity index (χ0) is 9.80. The van der Waals surface area contributed by atoms with Crippen molar-refractivity contribution < 1.29 is 18.9 Å². The van der Waals surface area contributed by atoms with Crippen LogP contribution in [0.25, 0.3) is 9.75 Å². The van der Waals surface area contributed by atoms with Crippen molar-refractivity contribution in [3.8, 4) is 9.75 Å². The van der Waals surface area contributed by atoms with Crippen molar-refractivity contribution in [3.63, 3.8) is 0 Å². The van der Waals surface area contributed by atoms with E-state index in [4.69, 9.17) is 0 Å². The van der Waals surface area contributed by atoms with E-state index in [9.17, 15) is 0 Å². The van der Waals surface area contributed by atoms with E-state index in [-0.39, 0.29) is 18.9 Å². The molecule has 15 heavy (non-hydrogen) atoms. The van der Waals surface area contributed by atoms with E-state index in [1.54, 1.807) is 11.3 Å². The van der Waals surface area contributed by atoms with Gasteiger partial charge in [0.25, 0.3) is 0 Å². The minimum absolute atomic E-state index is 0. The van der Waals surface area contributed by atoms with Crippen LogP contribution in [-0.2, 0) is 0 Å². The summed E-state index contributed by atoms with van der Waals surface area (Å²) < 4.78 is 1.35. The van der Waals surface area contributed by atoms with Gasteiger partial charge in [-0.05, 0) is 10.9 Å². The molecule has 0 saturated heterocycles. The first-order valence-corrected chi connectivity index (χ1v) is 6.82. The van der Waals surface area contributed by atoms with Crippen LogP contribution in [0, 0.1) is 5.38 Å². The van der Waals surface area contributed by atoms with E-state index < -0.39 is 0 Å². The van der Waals surface area contributed by atoms with Crippen molar-refractivity contribution in [2.75, 3.05) is 5.75 Å². The summed E-state index contributed by atoms with van der Waals surface area (Å²) in [6, 6.07) is 8.43. The topological polar surface area (TPSA) is 0 Å². The first-order valence-electron chi connectivity index (χ1n) is 4.20. The normalized spacial score (nSPS) is 9.60. The van der Waals surface area contributed by atoms with Gasteiger partial charge in [0.2, 0.25) is 0 Å². The standard InChI is InChI=1S/C11H9S3.Li/c1-2-7-13-11-6-5-10(14-11)9-4-3-8-12-9;/h2-6H,1,7H2;/q-1;+1. The second kappa shape index (κ2) is 6.62. The van der Waals surface area contributed by atoms with Crippen molar-refractivity contribution in [1.29, 1.82) is 0 Å². The van der Waals surface area contributed by atoms with Crippen molar-refractivity contribution in [2.24, 2.45) is 0 Å². The molecule has 0 radical (unpaired) electrons. The largest absolute Gasteiger partial charge is 1.00 e. The molecule has 0 atom stereocenters. The third-order valence-corrected chi connectivity index (χ3v) is 4.94. The van der Waals surface area contributed by atoms with Crippen molar-refractivity contribution >= 4 is 34.4 Å². The Balaban J connectivity index is 0.00000112. The number of hydrogen-bond donors (Lipinski definition) is 0. The van der Waals surface area contributed by atoms with Gasteiger partial charge in [0, 0.05) is 5.75 Å². The molecular weight excluding hydrogens is 235 g/mol. The second-order valence-electron chi connectivity index (χ2n) is 2.64. The van der Waals surface area contributed by atoms with Gasteiger partial charge in [-0.15, -0.1) is 39.9 Å². The molecule has 2 aromatic heterocycles. The number of hydrogen-bond acceptors (Lipinski definition) is 3. The Hall–Kier alpha value is 0.0874. The van der Waals surface area contributed by atoms with Gasteiger partial charge in [-0.2, -0.15) is 12.1 Å². The van der Waals surface area contributed by atoms with Gasteiger partial charge >= 0.3 is 18.9 Å². The van der Waals surface area contributed by atoms with E-state index >= 15 is 0 Å². The molecule has 0 aliphatic rings. The summed E-state index contributed by atoms with van der Waals surface area (Å²) in [7, 11) is 0. The average molecular weight is 244 g/mol. The van der Waals surface area contributed by atoms with Crippen LogP contribution in [0.15, 0.2) is 41.1 Å². The zero-order valence-electron chi connectivity index (χ0n) is 8.53. The molecule has 2 aromatic rings. The average Bonchev–Trinajstić information content (AvgIpc) is 2.85. The fourth-order valence-electron chi connectivity index (χ4n) is 1.04. The van der Waals surface area contributed by atoms with Gasteiger partial charge < -0.3 is 0 Å². The van der Waals surface area contributed by atoms with E-state index in [0.29, 0.717) is 0 Å². The Bertz CT molecular complexity index is 403. The summed E-state index contributed by atoms with van der Waals surface area (Å²) in [5.74, 6) is 0.983. The predicted octanol–water partition coefficient (Wildman–Crippen LogP) is 1.56. The van der Waals surface area contributed by atoms with Gasteiger partial charge in [0.15, 0.2) is 0 Å². The molecule has 0 spiro atoms.